The van der Waals surface area contributed by atoms with E-state index in [9.17, 15) is 0 Å². The Morgan fingerprint density at radius 3 is 2.88 bits per heavy atom. The molecule has 2 rings (SSSR count). The lowest BCUT2D eigenvalue weighted by molar-refractivity contribution is 0.193. The molecule has 0 aromatic carbocycles. The normalized spacial score (nSPS) is 23.6. The molecule has 2 N–H and O–H groups in total. The lowest BCUT2D eigenvalue weighted by Crippen LogP contribution is -2.26. The first-order chi connectivity index (χ1) is 7.48. The molecule has 0 spiro atoms. The standard InChI is InChI=1S/C12H20N2OS/c1-12(2,3)10(13)11-14-9(7-16-11)8-4-5-15-6-8/h7-8,10H,4-6,13H2,1-3H3. The van der Waals surface area contributed by atoms with Crippen molar-refractivity contribution in [2.24, 2.45) is 11.1 Å². The highest BCUT2D eigenvalue weighted by molar-refractivity contribution is 7.09. The van der Waals surface area contributed by atoms with Gasteiger partial charge in [-0.2, -0.15) is 0 Å². The van der Waals surface area contributed by atoms with Crippen LogP contribution in [-0.4, -0.2) is 18.2 Å². The van der Waals surface area contributed by atoms with Crippen LogP contribution in [0.3, 0.4) is 0 Å². The molecule has 0 amide bonds. The van der Waals surface area contributed by atoms with Gasteiger partial charge in [0, 0.05) is 17.9 Å². The van der Waals surface area contributed by atoms with Gasteiger partial charge in [0.1, 0.15) is 5.01 Å². The molecule has 0 bridgehead atoms. The summed E-state index contributed by atoms with van der Waals surface area (Å²) < 4.78 is 5.38. The molecule has 1 fully saturated rings. The molecular weight excluding hydrogens is 220 g/mol. The monoisotopic (exact) mass is 240 g/mol. The van der Waals surface area contributed by atoms with E-state index in [4.69, 9.17) is 10.5 Å². The van der Waals surface area contributed by atoms with Gasteiger partial charge in [0.25, 0.3) is 0 Å². The van der Waals surface area contributed by atoms with Crippen LogP contribution in [0.2, 0.25) is 0 Å². The molecule has 1 saturated heterocycles. The van der Waals surface area contributed by atoms with Gasteiger partial charge in [-0.3, -0.25) is 0 Å². The first-order valence-electron chi connectivity index (χ1n) is 5.77. The van der Waals surface area contributed by atoms with E-state index in [2.05, 4.69) is 31.1 Å². The fourth-order valence-corrected chi connectivity index (χ4v) is 2.91. The van der Waals surface area contributed by atoms with Crippen molar-refractivity contribution in [1.29, 1.82) is 0 Å². The average Bonchev–Trinajstić information content (AvgIpc) is 2.85. The van der Waals surface area contributed by atoms with Gasteiger partial charge in [0.15, 0.2) is 0 Å². The van der Waals surface area contributed by atoms with Crippen molar-refractivity contribution >= 4 is 11.3 Å². The van der Waals surface area contributed by atoms with E-state index in [0.717, 1.165) is 30.3 Å². The zero-order chi connectivity index (χ0) is 11.8. The van der Waals surface area contributed by atoms with Crippen LogP contribution in [0, 0.1) is 5.41 Å². The maximum absolute atomic E-state index is 6.20. The van der Waals surface area contributed by atoms with Gasteiger partial charge < -0.3 is 10.5 Å². The van der Waals surface area contributed by atoms with Crippen LogP contribution < -0.4 is 5.73 Å². The van der Waals surface area contributed by atoms with Crippen molar-refractivity contribution in [3.63, 3.8) is 0 Å². The van der Waals surface area contributed by atoms with Gasteiger partial charge in [-0.05, 0) is 11.8 Å². The highest BCUT2D eigenvalue weighted by Crippen LogP contribution is 2.34. The van der Waals surface area contributed by atoms with E-state index in [1.165, 1.54) is 0 Å². The Bertz CT molecular complexity index is 350. The molecule has 1 aromatic rings. The minimum absolute atomic E-state index is 0.0218. The van der Waals surface area contributed by atoms with Crippen LogP contribution in [0.15, 0.2) is 5.38 Å². The van der Waals surface area contributed by atoms with Crippen LogP contribution in [0.5, 0.6) is 0 Å². The quantitative estimate of drug-likeness (QED) is 0.864. The summed E-state index contributed by atoms with van der Waals surface area (Å²) in [5.74, 6) is 0.483. The van der Waals surface area contributed by atoms with E-state index in [1.54, 1.807) is 11.3 Å². The third-order valence-electron chi connectivity index (χ3n) is 3.09. The zero-order valence-electron chi connectivity index (χ0n) is 10.2. The second-order valence-corrected chi connectivity index (χ2v) is 6.40. The third-order valence-corrected chi connectivity index (χ3v) is 4.03. The maximum atomic E-state index is 6.20. The molecule has 4 heteroatoms. The summed E-state index contributed by atoms with van der Waals surface area (Å²) in [4.78, 5) is 4.67. The number of nitrogens with two attached hydrogens (primary N) is 1. The van der Waals surface area contributed by atoms with Gasteiger partial charge >= 0.3 is 0 Å². The van der Waals surface area contributed by atoms with Crippen molar-refractivity contribution in [2.75, 3.05) is 13.2 Å². The number of thiazole rings is 1. The Morgan fingerprint density at radius 2 is 2.31 bits per heavy atom. The summed E-state index contributed by atoms with van der Waals surface area (Å²) in [7, 11) is 0. The van der Waals surface area contributed by atoms with Crippen molar-refractivity contribution in [3.05, 3.63) is 16.1 Å². The Hall–Kier alpha value is -0.450. The number of hydrogen-bond donors (Lipinski definition) is 1. The Labute approximate surface area is 101 Å². The van der Waals surface area contributed by atoms with Gasteiger partial charge in [0.05, 0.1) is 18.3 Å². The molecule has 1 aliphatic heterocycles. The molecular formula is C12H20N2OS. The number of nitrogens with zero attached hydrogens (tertiary/aromatic N) is 1. The lowest BCUT2D eigenvalue weighted by Gasteiger charge is -2.24. The smallest absolute Gasteiger partial charge is 0.110 e. The maximum Gasteiger partial charge on any atom is 0.110 e. The largest absolute Gasteiger partial charge is 0.381 e. The first-order valence-corrected chi connectivity index (χ1v) is 6.65. The molecule has 0 radical (unpaired) electrons. The summed E-state index contributed by atoms with van der Waals surface area (Å²) >= 11 is 1.68. The minimum atomic E-state index is 0.0218. The first kappa shape index (κ1) is 12.0. The molecule has 1 aromatic heterocycles. The lowest BCUT2D eigenvalue weighted by atomic mass is 9.88. The molecule has 90 valence electrons. The molecule has 16 heavy (non-hydrogen) atoms. The Balaban J connectivity index is 2.12. The summed E-state index contributed by atoms with van der Waals surface area (Å²) in [5.41, 5.74) is 7.44. The van der Waals surface area contributed by atoms with Gasteiger partial charge in [-0.25, -0.2) is 4.98 Å². The van der Waals surface area contributed by atoms with Crippen molar-refractivity contribution < 1.29 is 4.74 Å². The van der Waals surface area contributed by atoms with Crippen LogP contribution in [0.1, 0.15) is 49.9 Å². The van der Waals surface area contributed by atoms with Gasteiger partial charge in [-0.15, -0.1) is 11.3 Å². The van der Waals surface area contributed by atoms with Gasteiger partial charge in [-0.1, -0.05) is 20.8 Å². The molecule has 0 aliphatic carbocycles. The summed E-state index contributed by atoms with van der Waals surface area (Å²) in [5, 5.41) is 3.19. The predicted octanol–water partition coefficient (Wildman–Crippen LogP) is 2.69. The van der Waals surface area contributed by atoms with E-state index in [-0.39, 0.29) is 11.5 Å². The van der Waals surface area contributed by atoms with Gasteiger partial charge in [0.2, 0.25) is 0 Å². The second-order valence-electron chi connectivity index (χ2n) is 5.51. The number of ether oxygens (including phenoxy) is 1. The predicted molar refractivity (Wildman–Crippen MR) is 66.7 cm³/mol. The Morgan fingerprint density at radius 1 is 1.56 bits per heavy atom. The van der Waals surface area contributed by atoms with Crippen molar-refractivity contribution in [3.8, 4) is 0 Å². The fourth-order valence-electron chi connectivity index (χ4n) is 1.77. The highest BCUT2D eigenvalue weighted by atomic mass is 32.1. The average molecular weight is 240 g/mol. The summed E-state index contributed by atoms with van der Waals surface area (Å²) in [6.07, 6.45) is 1.09. The molecule has 3 nitrogen and oxygen atoms in total. The second kappa shape index (κ2) is 4.43. The van der Waals surface area contributed by atoms with E-state index in [1.807, 2.05) is 0 Å². The minimum Gasteiger partial charge on any atom is -0.381 e. The molecule has 2 unspecified atom stereocenters. The topological polar surface area (TPSA) is 48.1 Å². The number of rotatable bonds is 2. The molecule has 1 aliphatic rings. The van der Waals surface area contributed by atoms with Crippen LogP contribution in [0.4, 0.5) is 0 Å². The zero-order valence-corrected chi connectivity index (χ0v) is 11.0. The van der Waals surface area contributed by atoms with E-state index in [0.29, 0.717) is 5.92 Å². The Kier molecular flexibility index (Phi) is 3.33. The van der Waals surface area contributed by atoms with Crippen LogP contribution in [0.25, 0.3) is 0 Å². The molecule has 2 heterocycles. The summed E-state index contributed by atoms with van der Waals surface area (Å²) in [6, 6.07) is 0.0218. The van der Waals surface area contributed by atoms with Crippen molar-refractivity contribution in [1.82, 2.24) is 4.98 Å². The van der Waals surface area contributed by atoms with Crippen LogP contribution >= 0.6 is 11.3 Å². The SMILES string of the molecule is CC(C)(C)C(N)c1nc(C2CCOC2)cs1. The number of aromatic nitrogens is 1. The fraction of sp³-hybridized carbons (Fsp3) is 0.750. The summed E-state index contributed by atoms with van der Waals surface area (Å²) in [6.45, 7) is 8.13. The third kappa shape index (κ3) is 2.44. The van der Waals surface area contributed by atoms with E-state index < -0.39 is 0 Å². The molecule has 0 saturated carbocycles. The van der Waals surface area contributed by atoms with E-state index >= 15 is 0 Å². The van der Waals surface area contributed by atoms with Crippen molar-refractivity contribution in [2.45, 2.75) is 39.2 Å². The van der Waals surface area contributed by atoms with Crippen LogP contribution in [-0.2, 0) is 4.74 Å². The highest BCUT2D eigenvalue weighted by Gasteiger charge is 2.27. The molecule has 2 atom stereocenters. The number of hydrogen-bond acceptors (Lipinski definition) is 4.